The molecule has 0 N–H and O–H groups in total. The minimum absolute atomic E-state index is 0.000309. The van der Waals surface area contributed by atoms with Gasteiger partial charge in [0.05, 0.1) is 16.8 Å². The Kier molecular flexibility index (Phi) is 3.81. The van der Waals surface area contributed by atoms with Crippen LogP contribution in [-0.4, -0.2) is 29.0 Å². The van der Waals surface area contributed by atoms with Crippen molar-refractivity contribution in [3.05, 3.63) is 47.1 Å². The topological polar surface area (TPSA) is 41.9 Å². The fourth-order valence-corrected chi connectivity index (χ4v) is 2.65. The summed E-state index contributed by atoms with van der Waals surface area (Å²) in [5.74, 6) is -3.16. The summed E-state index contributed by atoms with van der Waals surface area (Å²) in [6, 6.07) is 1.18. The van der Waals surface area contributed by atoms with Gasteiger partial charge in [-0.15, -0.1) is 0 Å². The molecule has 0 bridgehead atoms. The summed E-state index contributed by atoms with van der Waals surface area (Å²) in [6.07, 6.45) is 2.87. The first-order valence-electron chi connectivity index (χ1n) is 6.52. The Labute approximate surface area is 134 Å². The van der Waals surface area contributed by atoms with Crippen LogP contribution >= 0.6 is 11.6 Å². The summed E-state index contributed by atoms with van der Waals surface area (Å²) in [5, 5.41) is -0.147. The molecular weight excluding hydrogens is 329 g/mol. The van der Waals surface area contributed by atoms with E-state index in [1.165, 1.54) is 12.4 Å². The number of hydrogen-bond donors (Lipinski definition) is 0. The summed E-state index contributed by atoms with van der Waals surface area (Å²) < 4.78 is 41.6. The highest BCUT2D eigenvalue weighted by molar-refractivity contribution is 6.33. The number of pyridine rings is 1. The lowest BCUT2D eigenvalue weighted by Crippen LogP contribution is -2.13. The van der Waals surface area contributed by atoms with Gasteiger partial charge in [-0.25, -0.2) is 28.1 Å². The number of aromatic nitrogens is 3. The number of fused-ring (bicyclic) bond motifs is 1. The molecule has 118 valence electrons. The van der Waals surface area contributed by atoms with Crippen LogP contribution in [0.3, 0.4) is 0 Å². The van der Waals surface area contributed by atoms with Gasteiger partial charge >= 0.3 is 0 Å². The van der Waals surface area contributed by atoms with Crippen LogP contribution in [-0.2, 0) is 0 Å². The molecule has 8 heteroatoms. The molecule has 4 nitrogen and oxygen atoms in total. The first-order valence-corrected chi connectivity index (χ1v) is 6.90. The first kappa shape index (κ1) is 15.5. The zero-order valence-corrected chi connectivity index (χ0v) is 12.9. The fourth-order valence-electron chi connectivity index (χ4n) is 2.38. The van der Waals surface area contributed by atoms with E-state index < -0.39 is 23.0 Å². The van der Waals surface area contributed by atoms with Crippen LogP contribution in [0.25, 0.3) is 22.3 Å². The van der Waals surface area contributed by atoms with Gasteiger partial charge in [-0.2, -0.15) is 0 Å². The summed E-state index contributed by atoms with van der Waals surface area (Å²) in [5.41, 5.74) is 0.463. The lowest BCUT2D eigenvalue weighted by atomic mass is 10.0. The minimum Gasteiger partial charge on any atom is -0.375 e. The number of nitrogens with zero attached hydrogens (tertiary/aromatic N) is 4. The number of anilines is 1. The number of rotatable bonds is 2. The molecule has 0 fully saturated rings. The Morgan fingerprint density at radius 2 is 1.57 bits per heavy atom. The van der Waals surface area contributed by atoms with Gasteiger partial charge in [0.25, 0.3) is 0 Å². The SMILES string of the molecule is CN(C)c1c(-c2c(F)cc(F)cc2F)c(Cl)nc2nccnc12. The van der Waals surface area contributed by atoms with E-state index in [0.29, 0.717) is 23.3 Å². The minimum atomic E-state index is -1.07. The molecule has 0 saturated heterocycles. The van der Waals surface area contributed by atoms with Gasteiger partial charge in [0.2, 0.25) is 0 Å². The van der Waals surface area contributed by atoms with Crippen molar-refractivity contribution in [2.24, 2.45) is 0 Å². The van der Waals surface area contributed by atoms with Gasteiger partial charge in [-0.3, -0.25) is 0 Å². The molecule has 0 spiro atoms. The second kappa shape index (κ2) is 5.66. The zero-order chi connectivity index (χ0) is 16.7. The van der Waals surface area contributed by atoms with Crippen molar-refractivity contribution in [2.75, 3.05) is 19.0 Å². The third kappa shape index (κ3) is 2.57. The van der Waals surface area contributed by atoms with Gasteiger partial charge < -0.3 is 4.90 Å². The van der Waals surface area contributed by atoms with Gasteiger partial charge in [0.1, 0.15) is 28.1 Å². The van der Waals surface area contributed by atoms with Crippen LogP contribution in [0.4, 0.5) is 18.9 Å². The van der Waals surface area contributed by atoms with Gasteiger partial charge in [-0.05, 0) is 0 Å². The number of hydrogen-bond acceptors (Lipinski definition) is 4. The summed E-state index contributed by atoms with van der Waals surface area (Å²) in [6.45, 7) is 0. The smallest absolute Gasteiger partial charge is 0.181 e. The molecule has 3 rings (SSSR count). The standard InChI is InChI=1S/C15H10ClF3N4/c1-23(2)13-11(10-8(18)5-7(17)6-9(10)19)14(16)22-15-12(13)20-3-4-21-15/h3-6H,1-2H3. The van der Waals surface area contributed by atoms with E-state index in [9.17, 15) is 13.2 Å². The van der Waals surface area contributed by atoms with Crippen molar-refractivity contribution in [3.63, 3.8) is 0 Å². The Morgan fingerprint density at radius 3 is 2.17 bits per heavy atom. The van der Waals surface area contributed by atoms with Crippen LogP contribution in [0, 0.1) is 17.5 Å². The van der Waals surface area contributed by atoms with Crippen LogP contribution in [0.15, 0.2) is 24.5 Å². The normalized spacial score (nSPS) is 11.0. The zero-order valence-electron chi connectivity index (χ0n) is 12.1. The quantitative estimate of drug-likeness (QED) is 0.666. The second-order valence-electron chi connectivity index (χ2n) is 4.99. The lowest BCUT2D eigenvalue weighted by molar-refractivity contribution is 0.548. The molecule has 0 saturated carbocycles. The van der Waals surface area contributed by atoms with E-state index in [0.717, 1.165) is 0 Å². The Bertz CT molecular complexity index is 892. The van der Waals surface area contributed by atoms with Crippen LogP contribution in [0.5, 0.6) is 0 Å². The summed E-state index contributed by atoms with van der Waals surface area (Å²) >= 11 is 6.14. The average molecular weight is 339 g/mol. The number of benzene rings is 1. The molecule has 0 aliphatic carbocycles. The maximum atomic E-state index is 14.2. The predicted octanol–water partition coefficient (Wildman–Crippen LogP) is 3.83. The molecular formula is C15H10ClF3N4. The van der Waals surface area contributed by atoms with Gasteiger partial charge in [-0.1, -0.05) is 11.6 Å². The van der Waals surface area contributed by atoms with Crippen molar-refractivity contribution in [1.29, 1.82) is 0 Å². The average Bonchev–Trinajstić information content (AvgIpc) is 2.46. The van der Waals surface area contributed by atoms with Crippen molar-refractivity contribution in [1.82, 2.24) is 15.0 Å². The van der Waals surface area contributed by atoms with E-state index in [4.69, 9.17) is 11.6 Å². The monoisotopic (exact) mass is 338 g/mol. The van der Waals surface area contributed by atoms with Crippen LogP contribution in [0.2, 0.25) is 5.15 Å². The molecule has 1 aromatic carbocycles. The largest absolute Gasteiger partial charge is 0.375 e. The summed E-state index contributed by atoms with van der Waals surface area (Å²) in [4.78, 5) is 13.8. The second-order valence-corrected chi connectivity index (χ2v) is 5.35. The van der Waals surface area contributed by atoms with E-state index in [2.05, 4.69) is 15.0 Å². The molecule has 0 aliphatic heterocycles. The third-order valence-corrected chi connectivity index (χ3v) is 3.53. The van der Waals surface area contributed by atoms with E-state index in [1.807, 2.05) is 0 Å². The molecule has 0 aliphatic rings. The molecule has 0 unspecified atom stereocenters. The highest BCUT2D eigenvalue weighted by Crippen LogP contribution is 2.41. The van der Waals surface area contributed by atoms with E-state index in [1.54, 1.807) is 19.0 Å². The number of halogens is 4. The molecule has 0 radical (unpaired) electrons. The molecule has 2 aromatic heterocycles. The molecule has 0 atom stereocenters. The van der Waals surface area contributed by atoms with Crippen molar-refractivity contribution < 1.29 is 13.2 Å². The Morgan fingerprint density at radius 1 is 0.957 bits per heavy atom. The van der Waals surface area contributed by atoms with Crippen LogP contribution in [0.1, 0.15) is 0 Å². The molecule has 2 heterocycles. The maximum absolute atomic E-state index is 14.2. The molecule has 0 amide bonds. The van der Waals surface area contributed by atoms with E-state index >= 15 is 0 Å². The maximum Gasteiger partial charge on any atom is 0.181 e. The molecule has 3 aromatic rings. The summed E-state index contributed by atoms with van der Waals surface area (Å²) in [7, 11) is 3.34. The third-order valence-electron chi connectivity index (χ3n) is 3.25. The molecule has 23 heavy (non-hydrogen) atoms. The van der Waals surface area contributed by atoms with Crippen molar-refractivity contribution >= 4 is 28.5 Å². The predicted molar refractivity (Wildman–Crippen MR) is 82.0 cm³/mol. The highest BCUT2D eigenvalue weighted by atomic mass is 35.5. The lowest BCUT2D eigenvalue weighted by Gasteiger charge is -2.20. The highest BCUT2D eigenvalue weighted by Gasteiger charge is 2.24. The van der Waals surface area contributed by atoms with Crippen molar-refractivity contribution in [2.45, 2.75) is 0 Å². The van der Waals surface area contributed by atoms with Gasteiger partial charge in [0.15, 0.2) is 5.65 Å². The van der Waals surface area contributed by atoms with Crippen LogP contribution < -0.4 is 4.90 Å². The Hall–Kier alpha value is -2.41. The van der Waals surface area contributed by atoms with E-state index in [-0.39, 0.29) is 16.4 Å². The van der Waals surface area contributed by atoms with Crippen molar-refractivity contribution in [3.8, 4) is 11.1 Å². The Balaban J connectivity index is 2.47. The fraction of sp³-hybridized carbons (Fsp3) is 0.133. The first-order chi connectivity index (χ1) is 10.9. The van der Waals surface area contributed by atoms with Gasteiger partial charge in [0, 0.05) is 38.6 Å².